The molecule has 10 heteroatoms. The van der Waals surface area contributed by atoms with Crippen LogP contribution in [0, 0.1) is 0 Å². The van der Waals surface area contributed by atoms with Gasteiger partial charge in [0.05, 0.1) is 20.8 Å². The predicted molar refractivity (Wildman–Crippen MR) is 129 cm³/mol. The van der Waals surface area contributed by atoms with Gasteiger partial charge in [-0.3, -0.25) is 0 Å². The van der Waals surface area contributed by atoms with Crippen LogP contribution in [0.25, 0.3) is 0 Å². The van der Waals surface area contributed by atoms with E-state index in [0.717, 1.165) is 12.0 Å². The Labute approximate surface area is 203 Å². The molecule has 0 saturated carbocycles. The average Bonchev–Trinajstić information content (AvgIpc) is 2.75. The van der Waals surface area contributed by atoms with Crippen molar-refractivity contribution in [2.45, 2.75) is 26.1 Å². The first-order chi connectivity index (χ1) is 14.9. The number of benzene rings is 2. The summed E-state index contributed by atoms with van der Waals surface area (Å²) in [5.41, 5.74) is 1.63. The minimum atomic E-state index is -4.39. The van der Waals surface area contributed by atoms with Crippen LogP contribution < -0.4 is 24.8 Å². The third-order valence-corrected chi connectivity index (χ3v) is 4.27. The zero-order chi connectivity index (χ0) is 22.7. The monoisotopic (exact) mass is 567 g/mol. The molecular formula is C22H29F3IN3O3. The highest BCUT2D eigenvalue weighted by atomic mass is 127. The number of methoxy groups -OCH3 is 2. The highest BCUT2D eigenvalue weighted by molar-refractivity contribution is 14.0. The van der Waals surface area contributed by atoms with Crippen LogP contribution in [-0.4, -0.2) is 46.1 Å². The van der Waals surface area contributed by atoms with E-state index in [1.165, 1.54) is 6.07 Å². The van der Waals surface area contributed by atoms with Gasteiger partial charge < -0.3 is 24.8 Å². The van der Waals surface area contributed by atoms with Crippen molar-refractivity contribution in [2.24, 2.45) is 4.99 Å². The van der Waals surface area contributed by atoms with E-state index in [1.54, 1.807) is 32.4 Å². The topological polar surface area (TPSA) is 64.1 Å². The molecule has 0 saturated heterocycles. The molecule has 0 atom stereocenters. The number of guanidine groups is 1. The molecule has 0 aliphatic rings. The average molecular weight is 567 g/mol. The zero-order valence-corrected chi connectivity index (χ0v) is 20.6. The van der Waals surface area contributed by atoms with Crippen molar-refractivity contribution in [2.75, 3.05) is 33.9 Å². The molecule has 0 aliphatic carbocycles. The molecule has 0 unspecified atom stereocenters. The van der Waals surface area contributed by atoms with Gasteiger partial charge >= 0.3 is 6.18 Å². The number of halogens is 4. The lowest BCUT2D eigenvalue weighted by molar-refractivity contribution is -0.153. The molecule has 32 heavy (non-hydrogen) atoms. The zero-order valence-electron chi connectivity index (χ0n) is 18.3. The van der Waals surface area contributed by atoms with Crippen molar-refractivity contribution >= 4 is 29.9 Å². The van der Waals surface area contributed by atoms with Crippen molar-refractivity contribution < 1.29 is 27.4 Å². The van der Waals surface area contributed by atoms with Gasteiger partial charge in [-0.25, -0.2) is 4.99 Å². The number of hydrogen-bond acceptors (Lipinski definition) is 4. The van der Waals surface area contributed by atoms with Gasteiger partial charge in [0, 0.05) is 18.7 Å². The Kier molecular flexibility index (Phi) is 12.0. The predicted octanol–water partition coefficient (Wildman–Crippen LogP) is 4.56. The molecule has 0 aromatic heterocycles. The molecule has 0 amide bonds. The van der Waals surface area contributed by atoms with Crippen molar-refractivity contribution in [3.05, 3.63) is 53.6 Å². The fraction of sp³-hybridized carbons (Fsp3) is 0.409. The maximum Gasteiger partial charge on any atom is 0.422 e. The number of rotatable bonds is 10. The van der Waals surface area contributed by atoms with E-state index in [-0.39, 0.29) is 36.3 Å². The highest BCUT2D eigenvalue weighted by Gasteiger charge is 2.28. The van der Waals surface area contributed by atoms with E-state index < -0.39 is 12.8 Å². The van der Waals surface area contributed by atoms with Crippen LogP contribution in [-0.2, 0) is 13.0 Å². The molecule has 6 nitrogen and oxygen atoms in total. The van der Waals surface area contributed by atoms with E-state index in [0.29, 0.717) is 36.1 Å². The quantitative estimate of drug-likeness (QED) is 0.251. The first-order valence-electron chi connectivity index (χ1n) is 9.86. The summed E-state index contributed by atoms with van der Waals surface area (Å²) in [6.07, 6.45) is -3.67. The number of nitrogens with one attached hydrogen (secondary N) is 2. The second-order valence-corrected chi connectivity index (χ2v) is 6.57. The molecule has 0 aliphatic heterocycles. The maximum atomic E-state index is 12.5. The van der Waals surface area contributed by atoms with E-state index >= 15 is 0 Å². The van der Waals surface area contributed by atoms with Crippen molar-refractivity contribution in [3.63, 3.8) is 0 Å². The first kappa shape index (κ1) is 27.7. The Morgan fingerprint density at radius 3 is 2.34 bits per heavy atom. The van der Waals surface area contributed by atoms with Crippen LogP contribution in [0.2, 0.25) is 0 Å². The van der Waals surface area contributed by atoms with Crippen LogP contribution in [0.5, 0.6) is 17.2 Å². The van der Waals surface area contributed by atoms with Gasteiger partial charge in [-0.15, -0.1) is 24.0 Å². The van der Waals surface area contributed by atoms with E-state index in [2.05, 4.69) is 15.6 Å². The van der Waals surface area contributed by atoms with Gasteiger partial charge in [-0.05, 0) is 37.1 Å². The molecule has 2 aromatic rings. The summed E-state index contributed by atoms with van der Waals surface area (Å²) >= 11 is 0. The molecule has 2 N–H and O–H groups in total. The van der Waals surface area contributed by atoms with E-state index in [9.17, 15) is 13.2 Å². The Hall–Kier alpha value is -2.37. The summed E-state index contributed by atoms with van der Waals surface area (Å²) < 4.78 is 52.9. The second kappa shape index (κ2) is 13.9. The molecule has 2 rings (SSSR count). The molecule has 2 aromatic carbocycles. The van der Waals surface area contributed by atoms with Crippen LogP contribution >= 0.6 is 24.0 Å². The fourth-order valence-electron chi connectivity index (χ4n) is 2.80. The molecular weight excluding hydrogens is 538 g/mol. The number of aliphatic imine (C=N–C) groups is 1. The lowest BCUT2D eigenvalue weighted by Gasteiger charge is -2.14. The number of hydrogen-bond donors (Lipinski definition) is 2. The van der Waals surface area contributed by atoms with Gasteiger partial charge in [0.25, 0.3) is 0 Å². The van der Waals surface area contributed by atoms with Crippen LogP contribution in [0.4, 0.5) is 13.2 Å². The Balaban J connectivity index is 0.00000512. The minimum absolute atomic E-state index is 0. The Morgan fingerprint density at radius 1 is 0.969 bits per heavy atom. The Bertz CT molecular complexity index is 864. The van der Waals surface area contributed by atoms with Gasteiger partial charge in [0.2, 0.25) is 0 Å². The van der Waals surface area contributed by atoms with Crippen molar-refractivity contribution in [1.82, 2.24) is 10.6 Å². The summed E-state index contributed by atoms with van der Waals surface area (Å²) in [4.78, 5) is 4.47. The maximum absolute atomic E-state index is 12.5. The molecule has 0 bridgehead atoms. The minimum Gasteiger partial charge on any atom is -0.493 e. The third kappa shape index (κ3) is 9.41. The number of alkyl halides is 3. The second-order valence-electron chi connectivity index (χ2n) is 6.57. The van der Waals surface area contributed by atoms with Crippen LogP contribution in [0.3, 0.4) is 0 Å². The standard InChI is InChI=1S/C22H28F3N3O3.HI/c1-4-26-21(27-12-11-16-9-10-19(29-2)20(13-16)30-3)28-14-17-7-5-6-8-18(17)31-15-22(23,24)25;/h5-10,13H,4,11-12,14-15H2,1-3H3,(H2,26,27,28);1H. The molecule has 0 radical (unpaired) electrons. The molecule has 0 heterocycles. The lowest BCUT2D eigenvalue weighted by Crippen LogP contribution is -2.38. The lowest BCUT2D eigenvalue weighted by atomic mass is 10.1. The van der Waals surface area contributed by atoms with Crippen molar-refractivity contribution in [1.29, 1.82) is 0 Å². The summed E-state index contributed by atoms with van der Waals surface area (Å²) in [5, 5.41) is 6.36. The van der Waals surface area contributed by atoms with Gasteiger partial charge in [0.15, 0.2) is 24.1 Å². The Morgan fingerprint density at radius 2 is 1.69 bits per heavy atom. The number of para-hydroxylation sites is 1. The SMILES string of the molecule is CCNC(=NCc1ccccc1OCC(F)(F)F)NCCc1ccc(OC)c(OC)c1.I. The van der Waals surface area contributed by atoms with E-state index in [4.69, 9.17) is 14.2 Å². The van der Waals surface area contributed by atoms with Crippen LogP contribution in [0.15, 0.2) is 47.5 Å². The summed E-state index contributed by atoms with van der Waals surface area (Å²) in [5.74, 6) is 2.06. The summed E-state index contributed by atoms with van der Waals surface area (Å²) in [6.45, 7) is 2.03. The first-order valence-corrected chi connectivity index (χ1v) is 9.86. The molecule has 178 valence electrons. The fourth-order valence-corrected chi connectivity index (χ4v) is 2.80. The van der Waals surface area contributed by atoms with Crippen LogP contribution in [0.1, 0.15) is 18.1 Å². The number of ether oxygens (including phenoxy) is 3. The summed E-state index contributed by atoms with van der Waals surface area (Å²) in [6, 6.07) is 12.3. The van der Waals surface area contributed by atoms with Gasteiger partial charge in [-0.2, -0.15) is 13.2 Å². The highest BCUT2D eigenvalue weighted by Crippen LogP contribution is 2.27. The largest absolute Gasteiger partial charge is 0.493 e. The molecule has 0 fully saturated rings. The van der Waals surface area contributed by atoms with E-state index in [1.807, 2.05) is 25.1 Å². The number of nitrogens with zero attached hydrogens (tertiary/aromatic N) is 1. The molecule has 0 spiro atoms. The smallest absolute Gasteiger partial charge is 0.422 e. The van der Waals surface area contributed by atoms with Crippen molar-refractivity contribution in [3.8, 4) is 17.2 Å². The third-order valence-electron chi connectivity index (χ3n) is 4.27. The summed E-state index contributed by atoms with van der Waals surface area (Å²) in [7, 11) is 3.18. The van der Waals surface area contributed by atoms with Gasteiger partial charge in [0.1, 0.15) is 5.75 Å². The normalized spacial score (nSPS) is 11.4. The van der Waals surface area contributed by atoms with Gasteiger partial charge in [-0.1, -0.05) is 24.3 Å².